The van der Waals surface area contributed by atoms with Crippen molar-refractivity contribution < 1.29 is 14.7 Å². The van der Waals surface area contributed by atoms with Gasteiger partial charge in [0.1, 0.15) is 5.92 Å². The summed E-state index contributed by atoms with van der Waals surface area (Å²) < 4.78 is 0. The first-order valence-corrected chi connectivity index (χ1v) is 6.78. The summed E-state index contributed by atoms with van der Waals surface area (Å²) in [5.74, 6) is -1.68. The van der Waals surface area contributed by atoms with E-state index in [0.717, 1.165) is 0 Å². The lowest BCUT2D eigenvalue weighted by Crippen LogP contribution is -2.30. The van der Waals surface area contributed by atoms with Crippen LogP contribution >= 0.6 is 11.3 Å². The van der Waals surface area contributed by atoms with E-state index in [4.69, 9.17) is 0 Å². The van der Waals surface area contributed by atoms with E-state index in [1.165, 1.54) is 11.3 Å². The Morgan fingerprint density at radius 3 is 2.74 bits per heavy atom. The summed E-state index contributed by atoms with van der Waals surface area (Å²) in [6.45, 7) is 0.198. The minimum Gasteiger partial charge on any atom is -0.481 e. The summed E-state index contributed by atoms with van der Waals surface area (Å²) in [5.41, 5.74) is 2.01. The second kappa shape index (κ2) is 4.51. The Bertz CT molecular complexity index is 636. The van der Waals surface area contributed by atoms with Crippen LogP contribution in [0.3, 0.4) is 0 Å². The molecular weight excluding hydrogens is 262 g/mol. The molecule has 0 radical (unpaired) electrons. The third-order valence-electron chi connectivity index (χ3n) is 3.28. The average Bonchev–Trinajstić information content (AvgIpc) is 3.05. The van der Waals surface area contributed by atoms with E-state index in [9.17, 15) is 14.7 Å². The summed E-state index contributed by atoms with van der Waals surface area (Å²) in [4.78, 5) is 25.2. The molecule has 0 aliphatic carbocycles. The van der Waals surface area contributed by atoms with Gasteiger partial charge in [-0.3, -0.25) is 9.59 Å². The van der Waals surface area contributed by atoms with Crippen LogP contribution < -0.4 is 4.90 Å². The predicted octanol–water partition coefficient (Wildman–Crippen LogP) is 2.58. The van der Waals surface area contributed by atoms with E-state index >= 15 is 0 Å². The Morgan fingerprint density at radius 1 is 1.26 bits per heavy atom. The molecule has 19 heavy (non-hydrogen) atoms. The van der Waals surface area contributed by atoms with Gasteiger partial charge in [0.2, 0.25) is 0 Å². The van der Waals surface area contributed by atoms with Crippen LogP contribution in [-0.2, 0) is 4.79 Å². The lowest BCUT2D eigenvalue weighted by molar-refractivity contribution is -0.138. The Balaban J connectivity index is 2.01. The highest BCUT2D eigenvalue weighted by Crippen LogP contribution is 2.37. The molecule has 5 heteroatoms. The van der Waals surface area contributed by atoms with Crippen LogP contribution in [0.5, 0.6) is 0 Å². The number of thiophene rings is 1. The normalized spacial score (nSPS) is 17.3. The second-order valence-corrected chi connectivity index (χ2v) is 5.16. The van der Waals surface area contributed by atoms with E-state index in [1.807, 2.05) is 11.4 Å². The molecule has 0 fully saturated rings. The van der Waals surface area contributed by atoms with Gasteiger partial charge in [0.25, 0.3) is 5.91 Å². The number of benzene rings is 1. The maximum absolute atomic E-state index is 12.4. The lowest BCUT2D eigenvalue weighted by atomic mass is 10.0. The number of carbonyl (C=O) groups is 2. The molecule has 2 heterocycles. The molecule has 1 aromatic carbocycles. The Labute approximate surface area is 113 Å². The van der Waals surface area contributed by atoms with Gasteiger partial charge in [-0.05, 0) is 23.1 Å². The number of amides is 1. The number of hydrogen-bond acceptors (Lipinski definition) is 3. The number of rotatable bonds is 2. The fraction of sp³-hybridized carbons (Fsp3) is 0.143. The van der Waals surface area contributed by atoms with Gasteiger partial charge in [0.05, 0.1) is 5.56 Å². The van der Waals surface area contributed by atoms with Crippen LogP contribution in [0.25, 0.3) is 0 Å². The molecule has 0 bridgehead atoms. The van der Waals surface area contributed by atoms with Crippen molar-refractivity contribution in [3.63, 3.8) is 0 Å². The van der Waals surface area contributed by atoms with Crippen molar-refractivity contribution in [3.8, 4) is 0 Å². The van der Waals surface area contributed by atoms with Gasteiger partial charge in [-0.25, -0.2) is 0 Å². The van der Waals surface area contributed by atoms with Crippen molar-refractivity contribution >= 4 is 28.9 Å². The van der Waals surface area contributed by atoms with E-state index < -0.39 is 11.9 Å². The predicted molar refractivity (Wildman–Crippen MR) is 72.8 cm³/mol. The van der Waals surface area contributed by atoms with Gasteiger partial charge in [-0.15, -0.1) is 0 Å². The number of fused-ring (bicyclic) bond motifs is 1. The fourth-order valence-corrected chi connectivity index (χ4v) is 2.98. The number of aliphatic carboxylic acids is 1. The van der Waals surface area contributed by atoms with Crippen LogP contribution in [0.1, 0.15) is 21.8 Å². The number of para-hydroxylation sites is 1. The van der Waals surface area contributed by atoms with E-state index in [1.54, 1.807) is 34.5 Å². The monoisotopic (exact) mass is 273 g/mol. The smallest absolute Gasteiger partial charge is 0.312 e. The molecule has 2 aromatic rings. The van der Waals surface area contributed by atoms with Crippen LogP contribution in [0.15, 0.2) is 41.1 Å². The van der Waals surface area contributed by atoms with Crippen LogP contribution in [0, 0.1) is 0 Å². The van der Waals surface area contributed by atoms with Crippen molar-refractivity contribution in [1.29, 1.82) is 0 Å². The molecule has 3 rings (SSSR count). The molecule has 1 aromatic heterocycles. The Hall–Kier alpha value is -2.14. The molecule has 0 saturated carbocycles. The minimum atomic E-state index is -0.895. The molecule has 1 aliphatic rings. The van der Waals surface area contributed by atoms with Crippen molar-refractivity contribution in [1.82, 2.24) is 0 Å². The molecule has 1 amide bonds. The fourth-order valence-electron chi connectivity index (χ4n) is 2.35. The quantitative estimate of drug-likeness (QED) is 0.915. The SMILES string of the molecule is O=C(O)[C@@H]1CN(C(=O)c2ccsc2)c2ccccc21. The van der Waals surface area contributed by atoms with Crippen molar-refractivity contribution in [3.05, 3.63) is 52.2 Å². The largest absolute Gasteiger partial charge is 0.481 e. The molecule has 1 N–H and O–H groups in total. The summed E-state index contributed by atoms with van der Waals surface area (Å²) >= 11 is 1.45. The molecular formula is C14H11NO3S. The Morgan fingerprint density at radius 2 is 2.05 bits per heavy atom. The van der Waals surface area contributed by atoms with E-state index in [0.29, 0.717) is 16.8 Å². The van der Waals surface area contributed by atoms with Crippen LogP contribution in [-0.4, -0.2) is 23.5 Å². The van der Waals surface area contributed by atoms with Gasteiger partial charge in [-0.1, -0.05) is 18.2 Å². The standard InChI is InChI=1S/C14H11NO3S/c16-13(9-5-6-19-8-9)15-7-11(14(17)18)10-3-1-2-4-12(10)15/h1-6,8,11H,7H2,(H,17,18)/t11-/m1/s1. The molecule has 0 saturated heterocycles. The molecule has 1 atom stereocenters. The third-order valence-corrected chi connectivity index (χ3v) is 3.96. The number of carboxylic acid groups (broad SMARTS) is 1. The number of carboxylic acids is 1. The zero-order valence-corrected chi connectivity index (χ0v) is 10.8. The van der Waals surface area contributed by atoms with Gasteiger partial charge in [0.15, 0.2) is 0 Å². The first-order valence-electron chi connectivity index (χ1n) is 5.84. The number of hydrogen-bond donors (Lipinski definition) is 1. The molecule has 96 valence electrons. The Kier molecular flexibility index (Phi) is 2.83. The molecule has 0 unspecified atom stereocenters. The summed E-state index contributed by atoms with van der Waals surface area (Å²) in [5, 5.41) is 12.9. The van der Waals surface area contributed by atoms with Crippen molar-refractivity contribution in [2.75, 3.05) is 11.4 Å². The number of anilines is 1. The zero-order valence-electron chi connectivity index (χ0n) is 9.95. The van der Waals surface area contributed by atoms with Gasteiger partial charge in [0, 0.05) is 17.6 Å². The molecule has 1 aliphatic heterocycles. The molecule has 4 nitrogen and oxygen atoms in total. The maximum atomic E-state index is 12.4. The van der Waals surface area contributed by atoms with Crippen molar-refractivity contribution in [2.45, 2.75) is 5.92 Å². The summed E-state index contributed by atoms with van der Waals surface area (Å²) in [7, 11) is 0. The zero-order chi connectivity index (χ0) is 13.4. The second-order valence-electron chi connectivity index (χ2n) is 4.38. The molecule has 0 spiro atoms. The average molecular weight is 273 g/mol. The minimum absolute atomic E-state index is 0.141. The topological polar surface area (TPSA) is 57.6 Å². The lowest BCUT2D eigenvalue weighted by Gasteiger charge is -2.16. The number of carbonyl (C=O) groups excluding carboxylic acids is 1. The van der Waals surface area contributed by atoms with Gasteiger partial charge >= 0.3 is 5.97 Å². The highest BCUT2D eigenvalue weighted by atomic mass is 32.1. The third kappa shape index (κ3) is 1.92. The van der Waals surface area contributed by atoms with E-state index in [-0.39, 0.29) is 12.5 Å². The van der Waals surface area contributed by atoms with Crippen molar-refractivity contribution in [2.24, 2.45) is 0 Å². The van der Waals surface area contributed by atoms with Gasteiger partial charge < -0.3 is 10.0 Å². The first-order chi connectivity index (χ1) is 9.18. The first kappa shape index (κ1) is 11.9. The van der Waals surface area contributed by atoms with Crippen LogP contribution in [0.4, 0.5) is 5.69 Å². The summed E-state index contributed by atoms with van der Waals surface area (Å²) in [6, 6.07) is 8.94. The van der Waals surface area contributed by atoms with Crippen LogP contribution in [0.2, 0.25) is 0 Å². The van der Waals surface area contributed by atoms with Gasteiger partial charge in [-0.2, -0.15) is 11.3 Å². The number of nitrogens with zero attached hydrogens (tertiary/aromatic N) is 1. The maximum Gasteiger partial charge on any atom is 0.312 e. The van der Waals surface area contributed by atoms with E-state index in [2.05, 4.69) is 0 Å². The summed E-state index contributed by atoms with van der Waals surface area (Å²) in [6.07, 6.45) is 0. The highest BCUT2D eigenvalue weighted by molar-refractivity contribution is 7.08. The highest BCUT2D eigenvalue weighted by Gasteiger charge is 2.36.